The van der Waals surface area contributed by atoms with Gasteiger partial charge >= 0.3 is 0 Å². The number of para-hydroxylation sites is 2. The molecular formula is C11H11ClN2. The Morgan fingerprint density at radius 2 is 2.21 bits per heavy atom. The Morgan fingerprint density at radius 3 is 2.93 bits per heavy atom. The minimum absolute atomic E-state index is 0.433. The maximum Gasteiger partial charge on any atom is 0.125 e. The van der Waals surface area contributed by atoms with Gasteiger partial charge in [0, 0.05) is 6.54 Å². The molecule has 1 heterocycles. The molecule has 0 amide bonds. The second kappa shape index (κ2) is 3.84. The minimum Gasteiger partial charge on any atom is -0.323 e. The van der Waals surface area contributed by atoms with Crippen LogP contribution in [0.4, 0.5) is 0 Å². The molecule has 72 valence electrons. The Labute approximate surface area is 87.8 Å². The lowest BCUT2D eigenvalue weighted by atomic mass is 10.3. The number of halogens is 1. The summed E-state index contributed by atoms with van der Waals surface area (Å²) in [6, 6.07) is 8.01. The predicted octanol–water partition coefficient (Wildman–Crippen LogP) is 2.96. The van der Waals surface area contributed by atoms with Gasteiger partial charge in [-0.3, -0.25) is 0 Å². The van der Waals surface area contributed by atoms with Crippen molar-refractivity contribution < 1.29 is 0 Å². The number of hydrogen-bond acceptors (Lipinski definition) is 1. The molecule has 0 unspecified atom stereocenters. The quantitative estimate of drug-likeness (QED) is 0.558. The van der Waals surface area contributed by atoms with E-state index < -0.39 is 0 Å². The summed E-state index contributed by atoms with van der Waals surface area (Å²) < 4.78 is 2.08. The fraction of sp³-hybridized carbons (Fsp3) is 0.182. The molecule has 0 atom stereocenters. The van der Waals surface area contributed by atoms with Crippen LogP contribution in [0.2, 0.25) is 0 Å². The van der Waals surface area contributed by atoms with E-state index in [1.165, 1.54) is 0 Å². The van der Waals surface area contributed by atoms with Crippen LogP contribution in [-0.2, 0) is 12.4 Å². The standard InChI is InChI=1S/C11H11ClN2/c1-2-7-14-10-6-4-3-5-9(10)13-11(14)8-12/h2-6H,1,7-8H2. The Kier molecular flexibility index (Phi) is 2.55. The van der Waals surface area contributed by atoms with Gasteiger partial charge < -0.3 is 4.57 Å². The third kappa shape index (κ3) is 1.42. The minimum atomic E-state index is 0.433. The first kappa shape index (κ1) is 9.28. The van der Waals surface area contributed by atoms with E-state index >= 15 is 0 Å². The summed E-state index contributed by atoms with van der Waals surface area (Å²) in [6.07, 6.45) is 1.85. The maximum atomic E-state index is 5.82. The zero-order valence-corrected chi connectivity index (χ0v) is 8.54. The number of rotatable bonds is 3. The third-order valence-corrected chi connectivity index (χ3v) is 2.40. The van der Waals surface area contributed by atoms with Gasteiger partial charge in [0.05, 0.1) is 16.9 Å². The molecule has 0 fully saturated rings. The number of allylic oxidation sites excluding steroid dienone is 1. The van der Waals surface area contributed by atoms with Crippen molar-refractivity contribution in [2.24, 2.45) is 0 Å². The number of benzene rings is 1. The fourth-order valence-electron chi connectivity index (χ4n) is 1.56. The number of aromatic nitrogens is 2. The van der Waals surface area contributed by atoms with Crippen molar-refractivity contribution in [3.63, 3.8) is 0 Å². The smallest absolute Gasteiger partial charge is 0.125 e. The van der Waals surface area contributed by atoms with Crippen LogP contribution in [0.1, 0.15) is 5.82 Å². The van der Waals surface area contributed by atoms with E-state index in [2.05, 4.69) is 16.1 Å². The topological polar surface area (TPSA) is 17.8 Å². The highest BCUT2D eigenvalue weighted by Gasteiger charge is 2.06. The molecule has 0 saturated carbocycles. The monoisotopic (exact) mass is 206 g/mol. The highest BCUT2D eigenvalue weighted by molar-refractivity contribution is 6.16. The molecule has 2 aromatic rings. The summed E-state index contributed by atoms with van der Waals surface area (Å²) in [5.41, 5.74) is 2.10. The summed E-state index contributed by atoms with van der Waals surface area (Å²) in [6.45, 7) is 4.48. The van der Waals surface area contributed by atoms with Gasteiger partial charge in [-0.25, -0.2) is 4.98 Å². The molecule has 0 radical (unpaired) electrons. The van der Waals surface area contributed by atoms with Gasteiger partial charge in [0.25, 0.3) is 0 Å². The van der Waals surface area contributed by atoms with E-state index in [0.29, 0.717) is 5.88 Å². The average Bonchev–Trinajstić information content (AvgIpc) is 2.58. The summed E-state index contributed by atoms with van der Waals surface area (Å²) >= 11 is 5.82. The predicted molar refractivity (Wildman–Crippen MR) is 59.5 cm³/mol. The van der Waals surface area contributed by atoms with Crippen LogP contribution in [0.3, 0.4) is 0 Å². The van der Waals surface area contributed by atoms with Crippen molar-refractivity contribution in [1.29, 1.82) is 0 Å². The molecule has 14 heavy (non-hydrogen) atoms. The van der Waals surface area contributed by atoms with Gasteiger partial charge in [-0.05, 0) is 12.1 Å². The first-order valence-electron chi connectivity index (χ1n) is 4.48. The summed E-state index contributed by atoms with van der Waals surface area (Å²) in [5.74, 6) is 1.33. The fourth-order valence-corrected chi connectivity index (χ4v) is 1.76. The largest absolute Gasteiger partial charge is 0.323 e. The summed E-state index contributed by atoms with van der Waals surface area (Å²) in [7, 11) is 0. The van der Waals surface area contributed by atoms with Crippen LogP contribution < -0.4 is 0 Å². The molecule has 0 N–H and O–H groups in total. The van der Waals surface area contributed by atoms with Crippen LogP contribution in [0.5, 0.6) is 0 Å². The zero-order valence-electron chi connectivity index (χ0n) is 7.78. The van der Waals surface area contributed by atoms with Gasteiger partial charge in [-0.1, -0.05) is 18.2 Å². The zero-order chi connectivity index (χ0) is 9.97. The molecule has 1 aromatic heterocycles. The van der Waals surface area contributed by atoms with Gasteiger partial charge in [-0.15, -0.1) is 18.2 Å². The van der Waals surface area contributed by atoms with Crippen LogP contribution in [0.15, 0.2) is 36.9 Å². The number of nitrogens with zero attached hydrogens (tertiary/aromatic N) is 2. The lowest BCUT2D eigenvalue weighted by molar-refractivity contribution is 0.799. The number of alkyl halides is 1. The summed E-state index contributed by atoms with van der Waals surface area (Å²) in [4.78, 5) is 4.43. The third-order valence-electron chi connectivity index (χ3n) is 2.16. The molecule has 3 heteroatoms. The van der Waals surface area contributed by atoms with E-state index in [9.17, 15) is 0 Å². The Bertz CT molecular complexity index is 459. The first-order valence-corrected chi connectivity index (χ1v) is 5.01. The van der Waals surface area contributed by atoms with E-state index in [1.54, 1.807) is 0 Å². The Morgan fingerprint density at radius 1 is 1.43 bits per heavy atom. The molecule has 0 saturated heterocycles. The van der Waals surface area contributed by atoms with Crippen LogP contribution in [0.25, 0.3) is 11.0 Å². The normalized spacial score (nSPS) is 10.6. The number of imidazole rings is 1. The first-order chi connectivity index (χ1) is 6.86. The number of hydrogen-bond donors (Lipinski definition) is 0. The second-order valence-corrected chi connectivity index (χ2v) is 3.32. The van der Waals surface area contributed by atoms with Crippen LogP contribution in [0, 0.1) is 0 Å². The molecular weight excluding hydrogens is 196 g/mol. The van der Waals surface area contributed by atoms with Crippen molar-refractivity contribution in [1.82, 2.24) is 9.55 Å². The number of fused-ring (bicyclic) bond motifs is 1. The van der Waals surface area contributed by atoms with Crippen molar-refractivity contribution in [3.8, 4) is 0 Å². The molecule has 2 nitrogen and oxygen atoms in total. The van der Waals surface area contributed by atoms with E-state index in [-0.39, 0.29) is 0 Å². The highest BCUT2D eigenvalue weighted by atomic mass is 35.5. The average molecular weight is 207 g/mol. The van der Waals surface area contributed by atoms with Crippen molar-refractivity contribution in [2.75, 3.05) is 0 Å². The van der Waals surface area contributed by atoms with Gasteiger partial charge in [0.15, 0.2) is 0 Å². The molecule has 0 aliphatic heterocycles. The van der Waals surface area contributed by atoms with Gasteiger partial charge in [0.1, 0.15) is 5.82 Å². The van der Waals surface area contributed by atoms with Crippen molar-refractivity contribution in [2.45, 2.75) is 12.4 Å². The molecule has 0 bridgehead atoms. The molecule has 2 rings (SSSR count). The maximum absolute atomic E-state index is 5.82. The Balaban J connectivity index is 2.67. The van der Waals surface area contributed by atoms with Crippen molar-refractivity contribution >= 4 is 22.6 Å². The molecule has 0 aliphatic carbocycles. The lowest BCUT2D eigenvalue weighted by Crippen LogP contribution is -1.99. The molecule has 0 aliphatic rings. The van der Waals surface area contributed by atoms with Crippen LogP contribution in [-0.4, -0.2) is 9.55 Å². The second-order valence-electron chi connectivity index (χ2n) is 3.05. The lowest BCUT2D eigenvalue weighted by Gasteiger charge is -2.02. The highest BCUT2D eigenvalue weighted by Crippen LogP contribution is 2.16. The summed E-state index contributed by atoms with van der Waals surface area (Å²) in [5, 5.41) is 0. The molecule has 0 spiro atoms. The molecule has 1 aromatic carbocycles. The van der Waals surface area contributed by atoms with Crippen molar-refractivity contribution in [3.05, 3.63) is 42.7 Å². The van der Waals surface area contributed by atoms with Gasteiger partial charge in [0.2, 0.25) is 0 Å². The van der Waals surface area contributed by atoms with Crippen LogP contribution >= 0.6 is 11.6 Å². The van der Waals surface area contributed by atoms with Gasteiger partial charge in [-0.2, -0.15) is 0 Å². The Hall–Kier alpha value is -1.28. The van der Waals surface area contributed by atoms with E-state index in [0.717, 1.165) is 23.4 Å². The van der Waals surface area contributed by atoms with E-state index in [4.69, 9.17) is 11.6 Å². The van der Waals surface area contributed by atoms with E-state index in [1.807, 2.05) is 30.3 Å². The SMILES string of the molecule is C=CCn1c(CCl)nc2ccccc21.